The summed E-state index contributed by atoms with van der Waals surface area (Å²) in [5.41, 5.74) is 1.21. The van der Waals surface area contributed by atoms with Gasteiger partial charge in [-0.2, -0.15) is 8.42 Å². The molecule has 0 bridgehead atoms. The summed E-state index contributed by atoms with van der Waals surface area (Å²) in [5, 5.41) is 0. The fraction of sp³-hybridized carbons (Fsp3) is 0.208. The van der Waals surface area contributed by atoms with Crippen molar-refractivity contribution in [2.75, 3.05) is 0 Å². The molecule has 0 heterocycles. The van der Waals surface area contributed by atoms with Crippen molar-refractivity contribution in [3.63, 3.8) is 0 Å². The molecule has 0 aliphatic rings. The Labute approximate surface area is 186 Å². The highest BCUT2D eigenvalue weighted by Crippen LogP contribution is 2.26. The molecule has 0 spiro atoms. The lowest BCUT2D eigenvalue weighted by Gasteiger charge is -2.26. The predicted octanol–water partition coefficient (Wildman–Crippen LogP) is 4.92. The standard InChI is InChI=1S/C24H23F2NO4S/c1-17(2)24(28)27(15-18-7-9-20(25)10-8-18)16-19-5-3-4-6-23(19)31-32(29,30)22-13-11-21(26)12-14-22/h3-14,17H,15-16H2,1-2H3. The average molecular weight is 460 g/mol. The van der Waals surface area contributed by atoms with Crippen LogP contribution in [0, 0.1) is 17.6 Å². The molecule has 0 fully saturated rings. The summed E-state index contributed by atoms with van der Waals surface area (Å²) in [6, 6.07) is 16.6. The highest BCUT2D eigenvalue weighted by Gasteiger charge is 2.22. The van der Waals surface area contributed by atoms with Crippen LogP contribution in [0.5, 0.6) is 5.75 Å². The molecule has 0 unspecified atom stereocenters. The highest BCUT2D eigenvalue weighted by atomic mass is 32.2. The fourth-order valence-corrected chi connectivity index (χ4v) is 4.04. The van der Waals surface area contributed by atoms with Crippen LogP contribution in [-0.4, -0.2) is 19.2 Å². The summed E-state index contributed by atoms with van der Waals surface area (Å²) in [6.07, 6.45) is 0. The van der Waals surface area contributed by atoms with Crippen molar-refractivity contribution in [2.24, 2.45) is 5.92 Å². The van der Waals surface area contributed by atoms with E-state index in [2.05, 4.69) is 0 Å². The van der Waals surface area contributed by atoms with Gasteiger partial charge in [0.05, 0.1) is 0 Å². The van der Waals surface area contributed by atoms with E-state index in [9.17, 15) is 22.0 Å². The molecule has 8 heteroatoms. The molecule has 168 valence electrons. The molecule has 0 aromatic heterocycles. The van der Waals surface area contributed by atoms with E-state index in [1.165, 1.54) is 18.2 Å². The van der Waals surface area contributed by atoms with Gasteiger partial charge in [-0.1, -0.05) is 44.2 Å². The van der Waals surface area contributed by atoms with Crippen molar-refractivity contribution in [3.05, 3.63) is 95.6 Å². The van der Waals surface area contributed by atoms with Crippen molar-refractivity contribution in [2.45, 2.75) is 31.8 Å². The molecule has 3 aromatic carbocycles. The summed E-state index contributed by atoms with van der Waals surface area (Å²) < 4.78 is 57.1. The van der Waals surface area contributed by atoms with Crippen molar-refractivity contribution in [1.29, 1.82) is 0 Å². The predicted molar refractivity (Wildman–Crippen MR) is 116 cm³/mol. The molecule has 0 N–H and O–H groups in total. The number of amides is 1. The van der Waals surface area contributed by atoms with E-state index >= 15 is 0 Å². The quantitative estimate of drug-likeness (QED) is 0.449. The molecule has 0 aliphatic heterocycles. The summed E-state index contributed by atoms with van der Waals surface area (Å²) >= 11 is 0. The molecule has 3 aromatic rings. The number of carbonyl (C=O) groups excluding carboxylic acids is 1. The number of para-hydroxylation sites is 1. The highest BCUT2D eigenvalue weighted by molar-refractivity contribution is 7.87. The van der Waals surface area contributed by atoms with Crippen molar-refractivity contribution in [1.82, 2.24) is 4.90 Å². The molecule has 32 heavy (non-hydrogen) atoms. The second-order valence-electron chi connectivity index (χ2n) is 7.57. The molecule has 1 amide bonds. The van der Waals surface area contributed by atoms with Crippen molar-refractivity contribution in [3.8, 4) is 5.75 Å². The van der Waals surface area contributed by atoms with E-state index in [4.69, 9.17) is 4.18 Å². The van der Waals surface area contributed by atoms with E-state index in [0.29, 0.717) is 5.56 Å². The summed E-state index contributed by atoms with van der Waals surface area (Å²) in [5.74, 6) is -1.32. The normalized spacial score (nSPS) is 11.4. The minimum absolute atomic E-state index is 0.0671. The monoisotopic (exact) mass is 459 g/mol. The van der Waals surface area contributed by atoms with Crippen LogP contribution in [0.1, 0.15) is 25.0 Å². The second kappa shape index (κ2) is 9.91. The number of carbonyl (C=O) groups is 1. The van der Waals surface area contributed by atoms with Gasteiger partial charge in [-0.25, -0.2) is 8.78 Å². The smallest absolute Gasteiger partial charge is 0.339 e. The average Bonchev–Trinajstić information content (AvgIpc) is 2.75. The summed E-state index contributed by atoms with van der Waals surface area (Å²) in [6.45, 7) is 3.84. The van der Waals surface area contributed by atoms with Crippen LogP contribution < -0.4 is 4.18 Å². The van der Waals surface area contributed by atoms with Gasteiger partial charge < -0.3 is 9.08 Å². The van der Waals surface area contributed by atoms with Crippen LogP contribution in [0.25, 0.3) is 0 Å². The number of hydrogen-bond acceptors (Lipinski definition) is 4. The third kappa shape index (κ3) is 5.91. The molecule has 0 saturated carbocycles. The Morgan fingerprint density at radius 2 is 1.44 bits per heavy atom. The van der Waals surface area contributed by atoms with Crippen LogP contribution in [0.15, 0.2) is 77.7 Å². The summed E-state index contributed by atoms with van der Waals surface area (Å²) in [4.78, 5) is 14.2. The molecule has 0 atom stereocenters. The van der Waals surface area contributed by atoms with Crippen LogP contribution in [0.3, 0.4) is 0 Å². The van der Waals surface area contributed by atoms with Crippen LogP contribution in [-0.2, 0) is 28.0 Å². The largest absolute Gasteiger partial charge is 0.379 e. The SMILES string of the molecule is CC(C)C(=O)N(Cc1ccc(F)cc1)Cc1ccccc1OS(=O)(=O)c1ccc(F)cc1. The first-order valence-electron chi connectivity index (χ1n) is 9.97. The Balaban J connectivity index is 1.88. The molecule has 0 aliphatic carbocycles. The van der Waals surface area contributed by atoms with Gasteiger partial charge in [0, 0.05) is 24.6 Å². The van der Waals surface area contributed by atoms with Crippen LogP contribution in [0.4, 0.5) is 8.78 Å². The van der Waals surface area contributed by atoms with E-state index in [1.54, 1.807) is 49.1 Å². The zero-order chi connectivity index (χ0) is 23.3. The van der Waals surface area contributed by atoms with Crippen molar-refractivity contribution >= 4 is 16.0 Å². The maximum absolute atomic E-state index is 13.3. The Kier molecular flexibility index (Phi) is 7.25. The topological polar surface area (TPSA) is 63.7 Å². The molecule has 3 rings (SSSR count). The maximum Gasteiger partial charge on any atom is 0.339 e. The van der Waals surface area contributed by atoms with Gasteiger partial charge in [-0.3, -0.25) is 4.79 Å². The van der Waals surface area contributed by atoms with E-state index < -0.39 is 15.9 Å². The minimum Gasteiger partial charge on any atom is -0.379 e. The number of hydrogen-bond donors (Lipinski definition) is 0. The van der Waals surface area contributed by atoms with Gasteiger partial charge in [0.1, 0.15) is 22.3 Å². The third-order valence-corrected chi connectivity index (χ3v) is 5.98. The zero-order valence-corrected chi connectivity index (χ0v) is 18.5. The Morgan fingerprint density at radius 3 is 2.03 bits per heavy atom. The van der Waals surface area contributed by atoms with Crippen molar-refractivity contribution < 1.29 is 26.2 Å². The van der Waals surface area contributed by atoms with E-state index in [-0.39, 0.29) is 41.4 Å². The number of halogens is 2. The maximum atomic E-state index is 13.3. The molecule has 0 saturated heterocycles. The lowest BCUT2D eigenvalue weighted by atomic mass is 10.1. The van der Waals surface area contributed by atoms with Crippen LogP contribution >= 0.6 is 0 Å². The first-order chi connectivity index (χ1) is 15.2. The summed E-state index contributed by atoms with van der Waals surface area (Å²) in [7, 11) is -4.20. The van der Waals surface area contributed by atoms with Crippen LogP contribution in [0.2, 0.25) is 0 Å². The Morgan fingerprint density at radius 1 is 0.875 bits per heavy atom. The van der Waals surface area contributed by atoms with Gasteiger partial charge in [0.25, 0.3) is 0 Å². The lowest BCUT2D eigenvalue weighted by molar-refractivity contribution is -0.135. The first-order valence-corrected chi connectivity index (χ1v) is 11.4. The zero-order valence-electron chi connectivity index (χ0n) is 17.7. The third-order valence-electron chi connectivity index (χ3n) is 4.73. The molecule has 5 nitrogen and oxygen atoms in total. The Hall–Kier alpha value is -3.26. The number of nitrogens with zero attached hydrogens (tertiary/aromatic N) is 1. The van der Waals surface area contributed by atoms with Gasteiger partial charge >= 0.3 is 10.1 Å². The Bertz CT molecular complexity index is 1180. The van der Waals surface area contributed by atoms with Gasteiger partial charge in [-0.05, 0) is 48.0 Å². The van der Waals surface area contributed by atoms with E-state index in [1.807, 2.05) is 0 Å². The molecular weight excluding hydrogens is 436 g/mol. The van der Waals surface area contributed by atoms with Gasteiger partial charge in [-0.15, -0.1) is 0 Å². The minimum atomic E-state index is -4.20. The fourth-order valence-electron chi connectivity index (χ4n) is 3.08. The second-order valence-corrected chi connectivity index (χ2v) is 9.12. The first kappa shape index (κ1) is 23.4. The number of rotatable bonds is 8. The molecule has 0 radical (unpaired) electrons. The van der Waals surface area contributed by atoms with Gasteiger partial charge in [0.2, 0.25) is 5.91 Å². The van der Waals surface area contributed by atoms with E-state index in [0.717, 1.165) is 29.8 Å². The lowest BCUT2D eigenvalue weighted by Crippen LogP contribution is -2.33. The number of benzene rings is 3. The van der Waals surface area contributed by atoms with Gasteiger partial charge in [0.15, 0.2) is 0 Å². The molecular formula is C24H23F2NO4S.